The highest BCUT2D eigenvalue weighted by Gasteiger charge is 2.38. The Balaban J connectivity index is 2.68. The van der Waals surface area contributed by atoms with E-state index in [1.165, 1.54) is 6.20 Å². The van der Waals surface area contributed by atoms with Crippen LogP contribution in [0.5, 0.6) is 0 Å². The number of halogens is 4. The van der Waals surface area contributed by atoms with Crippen LogP contribution < -0.4 is 0 Å². The summed E-state index contributed by atoms with van der Waals surface area (Å²) >= 11 is 5.59. The van der Waals surface area contributed by atoms with Gasteiger partial charge in [0.25, 0.3) is 0 Å². The van der Waals surface area contributed by atoms with Gasteiger partial charge in [-0.25, -0.2) is 4.68 Å². The largest absolute Gasteiger partial charge is 0.433 e. The van der Waals surface area contributed by atoms with E-state index in [0.717, 1.165) is 10.2 Å². The van der Waals surface area contributed by atoms with Crippen LogP contribution in [0.1, 0.15) is 36.6 Å². The van der Waals surface area contributed by atoms with Crippen molar-refractivity contribution >= 4 is 11.6 Å². The first kappa shape index (κ1) is 14.9. The zero-order valence-electron chi connectivity index (χ0n) is 11.1. The van der Waals surface area contributed by atoms with Crippen molar-refractivity contribution in [3.05, 3.63) is 47.3 Å². The first-order chi connectivity index (χ1) is 9.36. The molecule has 0 fully saturated rings. The van der Waals surface area contributed by atoms with Crippen LogP contribution in [0.3, 0.4) is 0 Å². The summed E-state index contributed by atoms with van der Waals surface area (Å²) < 4.78 is 40.6. The highest BCUT2D eigenvalue weighted by molar-refractivity contribution is 6.17. The van der Waals surface area contributed by atoms with Crippen LogP contribution >= 0.6 is 11.6 Å². The molecule has 0 amide bonds. The Kier molecular flexibility index (Phi) is 4.09. The maximum Gasteiger partial charge on any atom is 0.433 e. The van der Waals surface area contributed by atoms with Crippen LogP contribution in [0.15, 0.2) is 30.5 Å². The van der Waals surface area contributed by atoms with E-state index < -0.39 is 11.9 Å². The molecule has 0 saturated carbocycles. The van der Waals surface area contributed by atoms with Gasteiger partial charge >= 0.3 is 6.18 Å². The second-order valence-corrected chi connectivity index (χ2v) is 5.04. The molecule has 0 unspecified atom stereocenters. The zero-order chi connectivity index (χ0) is 14.9. The second kappa shape index (κ2) is 5.48. The molecule has 0 radical (unpaired) electrons. The van der Waals surface area contributed by atoms with Crippen molar-refractivity contribution < 1.29 is 13.2 Å². The summed E-state index contributed by atoms with van der Waals surface area (Å²) in [6.45, 7) is 3.86. The fourth-order valence-electron chi connectivity index (χ4n) is 2.13. The van der Waals surface area contributed by atoms with Crippen molar-refractivity contribution in [2.75, 3.05) is 0 Å². The normalized spacial score (nSPS) is 12.2. The SMILES string of the molecule is CC(C)c1ccccc1-n1ncc(CCl)c1C(F)(F)F. The number of rotatable bonds is 3. The highest BCUT2D eigenvalue weighted by Crippen LogP contribution is 2.35. The monoisotopic (exact) mass is 302 g/mol. The number of hydrogen-bond acceptors (Lipinski definition) is 1. The molecular weight excluding hydrogens is 289 g/mol. The summed E-state index contributed by atoms with van der Waals surface area (Å²) in [7, 11) is 0. The van der Waals surface area contributed by atoms with Gasteiger partial charge in [-0.1, -0.05) is 32.0 Å². The number of para-hydroxylation sites is 1. The first-order valence-corrected chi connectivity index (χ1v) is 6.69. The molecule has 0 N–H and O–H groups in total. The van der Waals surface area contributed by atoms with Crippen molar-refractivity contribution in [2.45, 2.75) is 31.8 Å². The standard InChI is InChI=1S/C14H14ClF3N2/c1-9(2)11-5-3-4-6-12(11)20-13(14(16,17)18)10(7-15)8-19-20/h3-6,8-9H,7H2,1-2H3. The van der Waals surface area contributed by atoms with Crippen LogP contribution in [-0.2, 0) is 12.1 Å². The quantitative estimate of drug-likeness (QED) is 0.748. The van der Waals surface area contributed by atoms with E-state index >= 15 is 0 Å². The number of aromatic nitrogens is 2. The Morgan fingerprint density at radius 1 is 1.25 bits per heavy atom. The maximum atomic E-state index is 13.2. The molecule has 0 aliphatic carbocycles. The smallest absolute Gasteiger partial charge is 0.228 e. The summed E-state index contributed by atoms with van der Waals surface area (Å²) in [5, 5.41) is 3.88. The lowest BCUT2D eigenvalue weighted by atomic mass is 10.0. The van der Waals surface area contributed by atoms with Gasteiger partial charge in [-0.3, -0.25) is 0 Å². The Bertz CT molecular complexity index is 603. The van der Waals surface area contributed by atoms with Gasteiger partial charge in [-0.15, -0.1) is 11.6 Å². The van der Waals surface area contributed by atoms with Gasteiger partial charge < -0.3 is 0 Å². The Morgan fingerprint density at radius 3 is 2.45 bits per heavy atom. The molecule has 2 aromatic rings. The molecule has 2 nitrogen and oxygen atoms in total. The van der Waals surface area contributed by atoms with E-state index in [1.54, 1.807) is 18.2 Å². The molecule has 0 bridgehead atoms. The molecule has 0 spiro atoms. The van der Waals surface area contributed by atoms with Crippen molar-refractivity contribution in [1.29, 1.82) is 0 Å². The third kappa shape index (κ3) is 2.68. The average molecular weight is 303 g/mol. The van der Waals surface area contributed by atoms with E-state index in [9.17, 15) is 13.2 Å². The van der Waals surface area contributed by atoms with Gasteiger partial charge in [0.2, 0.25) is 0 Å². The molecule has 2 rings (SSSR count). The number of benzene rings is 1. The molecule has 0 aliphatic heterocycles. The van der Waals surface area contributed by atoms with Gasteiger partial charge in [-0.05, 0) is 17.5 Å². The first-order valence-electron chi connectivity index (χ1n) is 6.15. The molecule has 0 saturated heterocycles. The summed E-state index contributed by atoms with van der Waals surface area (Å²) in [6.07, 6.45) is -3.32. The number of hydrogen-bond donors (Lipinski definition) is 0. The summed E-state index contributed by atoms with van der Waals surface area (Å²) in [5.41, 5.74) is 0.423. The van der Waals surface area contributed by atoms with Crippen LogP contribution in [0.25, 0.3) is 5.69 Å². The van der Waals surface area contributed by atoms with Gasteiger partial charge in [0.1, 0.15) is 0 Å². The van der Waals surface area contributed by atoms with Gasteiger partial charge in [0.15, 0.2) is 5.69 Å². The molecular formula is C14H14ClF3N2. The fourth-order valence-corrected chi connectivity index (χ4v) is 2.33. The minimum absolute atomic E-state index is 0.0160. The third-order valence-corrected chi connectivity index (χ3v) is 3.33. The van der Waals surface area contributed by atoms with Crippen LogP contribution in [0.2, 0.25) is 0 Å². The van der Waals surface area contributed by atoms with Crippen molar-refractivity contribution in [3.63, 3.8) is 0 Å². The Hall–Kier alpha value is -1.49. The third-order valence-electron chi connectivity index (χ3n) is 3.04. The van der Waals surface area contributed by atoms with E-state index in [-0.39, 0.29) is 17.4 Å². The zero-order valence-corrected chi connectivity index (χ0v) is 11.8. The van der Waals surface area contributed by atoms with Crippen molar-refractivity contribution in [3.8, 4) is 5.69 Å². The molecule has 20 heavy (non-hydrogen) atoms. The predicted molar refractivity (Wildman–Crippen MR) is 72.2 cm³/mol. The Morgan fingerprint density at radius 2 is 1.90 bits per heavy atom. The van der Waals surface area contributed by atoms with Crippen molar-refractivity contribution in [2.24, 2.45) is 0 Å². The summed E-state index contributed by atoms with van der Waals surface area (Å²) in [4.78, 5) is 0. The lowest BCUT2D eigenvalue weighted by Crippen LogP contribution is -2.16. The number of alkyl halides is 4. The van der Waals surface area contributed by atoms with Crippen molar-refractivity contribution in [1.82, 2.24) is 9.78 Å². The Labute approximate surface area is 120 Å². The lowest BCUT2D eigenvalue weighted by Gasteiger charge is -2.16. The topological polar surface area (TPSA) is 17.8 Å². The van der Waals surface area contributed by atoms with E-state index in [4.69, 9.17) is 11.6 Å². The minimum Gasteiger partial charge on any atom is -0.228 e. The van der Waals surface area contributed by atoms with E-state index in [1.807, 2.05) is 19.9 Å². The maximum absolute atomic E-state index is 13.2. The van der Waals surface area contributed by atoms with Crippen LogP contribution in [0, 0.1) is 0 Å². The summed E-state index contributed by atoms with van der Waals surface area (Å²) in [6, 6.07) is 6.94. The molecule has 1 aromatic heterocycles. The van der Waals surface area contributed by atoms with E-state index in [0.29, 0.717) is 5.69 Å². The molecule has 108 valence electrons. The highest BCUT2D eigenvalue weighted by atomic mass is 35.5. The predicted octanol–water partition coefficient (Wildman–Crippen LogP) is 4.75. The minimum atomic E-state index is -4.50. The second-order valence-electron chi connectivity index (χ2n) is 4.78. The van der Waals surface area contributed by atoms with Gasteiger partial charge in [0.05, 0.1) is 17.8 Å². The molecule has 1 heterocycles. The average Bonchev–Trinajstić information content (AvgIpc) is 2.82. The van der Waals surface area contributed by atoms with Crippen LogP contribution in [0.4, 0.5) is 13.2 Å². The molecule has 0 aliphatic rings. The molecule has 6 heteroatoms. The molecule has 0 atom stereocenters. The van der Waals surface area contributed by atoms with Crippen LogP contribution in [-0.4, -0.2) is 9.78 Å². The van der Waals surface area contributed by atoms with Gasteiger partial charge in [0, 0.05) is 5.56 Å². The number of nitrogens with zero attached hydrogens (tertiary/aromatic N) is 2. The lowest BCUT2D eigenvalue weighted by molar-refractivity contribution is -0.143. The van der Waals surface area contributed by atoms with E-state index in [2.05, 4.69) is 5.10 Å². The van der Waals surface area contributed by atoms with Gasteiger partial charge in [-0.2, -0.15) is 18.3 Å². The summed E-state index contributed by atoms with van der Waals surface area (Å²) in [5.74, 6) is -0.130. The fraction of sp³-hybridized carbons (Fsp3) is 0.357. The molecule has 1 aromatic carbocycles.